The van der Waals surface area contributed by atoms with E-state index in [0.29, 0.717) is 18.6 Å². The molecule has 0 aliphatic carbocycles. The van der Waals surface area contributed by atoms with E-state index in [1.54, 1.807) is 6.92 Å². The Hall–Kier alpha value is -1.35. The zero-order valence-electron chi connectivity index (χ0n) is 10.0. The molecule has 6 heteroatoms. The van der Waals surface area contributed by atoms with Gasteiger partial charge in [-0.15, -0.1) is 12.3 Å². The lowest BCUT2D eigenvalue weighted by Crippen LogP contribution is -2.48. The van der Waals surface area contributed by atoms with Crippen molar-refractivity contribution in [3.63, 3.8) is 0 Å². The molecule has 96 valence electrons. The van der Waals surface area contributed by atoms with E-state index < -0.39 is 18.0 Å². The van der Waals surface area contributed by atoms with E-state index >= 15 is 0 Å². The molecule has 0 aromatic carbocycles. The fourth-order valence-electron chi connectivity index (χ4n) is 1.14. The molecule has 0 saturated heterocycles. The number of hydrogen-bond donors (Lipinski definition) is 3. The Morgan fingerprint density at radius 3 is 2.59 bits per heavy atom. The number of carboxylic acids is 1. The largest absolute Gasteiger partial charge is 0.480 e. The molecule has 0 aromatic heterocycles. The molecule has 0 radical (unpaired) electrons. The normalized spacial score (nSPS) is 13.2. The van der Waals surface area contributed by atoms with Crippen molar-refractivity contribution >= 4 is 23.8 Å². The van der Waals surface area contributed by atoms with Crippen LogP contribution in [-0.4, -0.2) is 41.2 Å². The molecule has 5 nitrogen and oxygen atoms in total. The van der Waals surface area contributed by atoms with Crippen LogP contribution in [0.15, 0.2) is 0 Å². The topological polar surface area (TPSA) is 78.4 Å². The molecule has 0 aliphatic heterocycles. The van der Waals surface area contributed by atoms with Crippen LogP contribution >= 0.6 is 11.8 Å². The van der Waals surface area contributed by atoms with Gasteiger partial charge in [0.2, 0.25) is 0 Å². The summed E-state index contributed by atoms with van der Waals surface area (Å²) in [5, 5.41) is 13.9. The van der Waals surface area contributed by atoms with Gasteiger partial charge in [-0.1, -0.05) is 0 Å². The van der Waals surface area contributed by atoms with Gasteiger partial charge in [-0.2, -0.15) is 11.8 Å². The summed E-state index contributed by atoms with van der Waals surface area (Å²) >= 11 is 1.53. The summed E-state index contributed by atoms with van der Waals surface area (Å²) in [4.78, 5) is 22.3. The Kier molecular flexibility index (Phi) is 8.07. The molecule has 0 rings (SSSR count). The van der Waals surface area contributed by atoms with Crippen LogP contribution in [0.4, 0.5) is 4.79 Å². The summed E-state index contributed by atoms with van der Waals surface area (Å²) in [6.07, 6.45) is 7.79. The molecule has 2 amide bonds. The number of aliphatic carboxylic acids is 1. The average molecular weight is 258 g/mol. The highest BCUT2D eigenvalue weighted by atomic mass is 32.2. The van der Waals surface area contributed by atoms with Crippen molar-refractivity contribution in [3.8, 4) is 12.3 Å². The Morgan fingerprint density at radius 2 is 2.12 bits per heavy atom. The number of rotatable bonds is 7. The fraction of sp³-hybridized carbons (Fsp3) is 0.636. The third-order valence-electron chi connectivity index (χ3n) is 2.02. The average Bonchev–Trinajstić information content (AvgIpc) is 2.23. The summed E-state index contributed by atoms with van der Waals surface area (Å²) < 4.78 is 0. The number of hydrogen-bond acceptors (Lipinski definition) is 3. The molecule has 0 bridgehead atoms. The number of carbonyl (C=O) groups excluding carboxylic acids is 1. The maximum Gasteiger partial charge on any atom is 0.326 e. The summed E-state index contributed by atoms with van der Waals surface area (Å²) in [5.74, 6) is 2.07. The van der Waals surface area contributed by atoms with Crippen LogP contribution in [-0.2, 0) is 4.79 Å². The molecule has 2 atom stereocenters. The summed E-state index contributed by atoms with van der Waals surface area (Å²) in [6, 6.07) is -1.53. The van der Waals surface area contributed by atoms with E-state index in [4.69, 9.17) is 11.5 Å². The Labute approximate surface area is 106 Å². The van der Waals surface area contributed by atoms with Crippen LogP contribution in [0.1, 0.15) is 19.8 Å². The van der Waals surface area contributed by atoms with Crippen LogP contribution in [0.5, 0.6) is 0 Å². The van der Waals surface area contributed by atoms with Crippen molar-refractivity contribution in [3.05, 3.63) is 0 Å². The first-order valence-electron chi connectivity index (χ1n) is 5.23. The first kappa shape index (κ1) is 15.7. The van der Waals surface area contributed by atoms with Crippen LogP contribution in [0.25, 0.3) is 0 Å². The maximum absolute atomic E-state index is 11.4. The van der Waals surface area contributed by atoms with Crippen molar-refractivity contribution in [1.29, 1.82) is 0 Å². The second-order valence-electron chi connectivity index (χ2n) is 3.60. The second-order valence-corrected chi connectivity index (χ2v) is 4.58. The number of thioether (sulfide) groups is 1. The zero-order valence-corrected chi connectivity index (χ0v) is 10.8. The lowest BCUT2D eigenvalue weighted by molar-refractivity contribution is -0.139. The molecule has 0 aromatic rings. The van der Waals surface area contributed by atoms with Gasteiger partial charge < -0.3 is 15.7 Å². The number of terminal acetylenes is 1. The minimum Gasteiger partial charge on any atom is -0.480 e. The van der Waals surface area contributed by atoms with E-state index in [-0.39, 0.29) is 6.04 Å². The van der Waals surface area contributed by atoms with Crippen LogP contribution < -0.4 is 10.6 Å². The standard InChI is InChI=1S/C11H18N2O3S/c1-4-5-8(2)12-11(16)13-9(10(14)15)6-7-17-3/h1,8-9H,5-7H2,2-3H3,(H,14,15)(H2,12,13,16)/t8?,9-/m0/s1. The Bertz CT molecular complexity index is 302. The van der Waals surface area contributed by atoms with Gasteiger partial charge in [0.15, 0.2) is 0 Å². The van der Waals surface area contributed by atoms with Crippen molar-refractivity contribution < 1.29 is 14.7 Å². The molecular formula is C11H18N2O3S. The molecule has 0 saturated carbocycles. The molecule has 3 N–H and O–H groups in total. The smallest absolute Gasteiger partial charge is 0.326 e. The minimum absolute atomic E-state index is 0.171. The molecule has 1 unspecified atom stereocenters. The molecule has 0 spiro atoms. The number of amides is 2. The van der Waals surface area contributed by atoms with Crippen LogP contribution in [0.2, 0.25) is 0 Å². The van der Waals surface area contributed by atoms with Crippen molar-refractivity contribution in [2.45, 2.75) is 31.8 Å². The Morgan fingerprint density at radius 1 is 1.47 bits per heavy atom. The lowest BCUT2D eigenvalue weighted by atomic mass is 10.2. The Balaban J connectivity index is 4.12. The maximum atomic E-state index is 11.4. The third kappa shape index (κ3) is 7.53. The SMILES string of the molecule is C#CCC(C)NC(=O)N[C@@H](CCSC)C(=O)O. The molecule has 0 fully saturated rings. The first-order valence-corrected chi connectivity index (χ1v) is 6.62. The van der Waals surface area contributed by atoms with E-state index in [0.717, 1.165) is 0 Å². The third-order valence-corrected chi connectivity index (χ3v) is 2.66. The summed E-state index contributed by atoms with van der Waals surface area (Å²) in [7, 11) is 0. The van der Waals surface area contributed by atoms with Crippen molar-refractivity contribution in [1.82, 2.24) is 10.6 Å². The van der Waals surface area contributed by atoms with Crippen molar-refractivity contribution in [2.24, 2.45) is 0 Å². The molecule has 0 aliphatic rings. The predicted octanol–water partition coefficient (Wildman–Crippen LogP) is 0.904. The van der Waals surface area contributed by atoms with Gasteiger partial charge in [0, 0.05) is 12.5 Å². The quantitative estimate of drug-likeness (QED) is 0.593. The zero-order chi connectivity index (χ0) is 13.3. The van der Waals surface area contributed by atoms with Gasteiger partial charge >= 0.3 is 12.0 Å². The van der Waals surface area contributed by atoms with Gasteiger partial charge in [0.05, 0.1) is 0 Å². The van der Waals surface area contributed by atoms with Gasteiger partial charge in [-0.05, 0) is 25.4 Å². The van der Waals surface area contributed by atoms with Crippen LogP contribution in [0.3, 0.4) is 0 Å². The highest BCUT2D eigenvalue weighted by Crippen LogP contribution is 2.01. The van der Waals surface area contributed by atoms with Gasteiger partial charge in [-0.25, -0.2) is 9.59 Å². The van der Waals surface area contributed by atoms with Crippen molar-refractivity contribution in [2.75, 3.05) is 12.0 Å². The molecular weight excluding hydrogens is 240 g/mol. The van der Waals surface area contributed by atoms with Gasteiger partial charge in [0.25, 0.3) is 0 Å². The lowest BCUT2D eigenvalue weighted by Gasteiger charge is -2.17. The minimum atomic E-state index is -1.03. The van der Waals surface area contributed by atoms with E-state index in [1.165, 1.54) is 11.8 Å². The summed E-state index contributed by atoms with van der Waals surface area (Å²) in [6.45, 7) is 1.76. The molecule has 0 heterocycles. The van der Waals surface area contributed by atoms with E-state index in [2.05, 4.69) is 16.6 Å². The highest BCUT2D eigenvalue weighted by Gasteiger charge is 2.19. The number of carbonyl (C=O) groups is 2. The highest BCUT2D eigenvalue weighted by molar-refractivity contribution is 7.98. The summed E-state index contributed by atoms with van der Waals surface area (Å²) in [5.41, 5.74) is 0. The number of nitrogens with one attached hydrogen (secondary N) is 2. The molecule has 17 heavy (non-hydrogen) atoms. The number of urea groups is 1. The fourth-order valence-corrected chi connectivity index (χ4v) is 1.62. The monoisotopic (exact) mass is 258 g/mol. The second kappa shape index (κ2) is 8.76. The van der Waals surface area contributed by atoms with Crippen LogP contribution in [0, 0.1) is 12.3 Å². The van der Waals surface area contributed by atoms with E-state index in [9.17, 15) is 9.59 Å². The van der Waals surface area contributed by atoms with E-state index in [1.807, 2.05) is 6.26 Å². The van der Waals surface area contributed by atoms with Gasteiger partial charge in [0.1, 0.15) is 6.04 Å². The predicted molar refractivity (Wildman–Crippen MR) is 69.0 cm³/mol. The number of carboxylic acid groups (broad SMARTS) is 1. The first-order chi connectivity index (χ1) is 8.01. The van der Waals surface area contributed by atoms with Gasteiger partial charge in [-0.3, -0.25) is 0 Å².